The van der Waals surface area contributed by atoms with Crippen LogP contribution in [0.5, 0.6) is 0 Å². The number of hydrogen-bond donors (Lipinski definition) is 0. The molecule has 1 aliphatic heterocycles. The first kappa shape index (κ1) is 17.7. The second-order valence-corrected chi connectivity index (χ2v) is 9.39. The van der Waals surface area contributed by atoms with E-state index in [-0.39, 0.29) is 17.1 Å². The van der Waals surface area contributed by atoms with E-state index in [0.29, 0.717) is 13.1 Å². The highest BCUT2D eigenvalue weighted by molar-refractivity contribution is 7.89. The Morgan fingerprint density at radius 3 is 2.29 bits per heavy atom. The Hall–Kier alpha value is -1.14. The molecule has 3 rings (SSSR count). The molecule has 4 nitrogen and oxygen atoms in total. The first-order valence-electron chi connectivity index (χ1n) is 8.87. The van der Waals surface area contributed by atoms with E-state index in [0.717, 1.165) is 49.8 Å². The van der Waals surface area contributed by atoms with Crippen LogP contribution in [0.1, 0.15) is 44.1 Å². The van der Waals surface area contributed by atoms with E-state index < -0.39 is 10.0 Å². The summed E-state index contributed by atoms with van der Waals surface area (Å²) in [6.45, 7) is 3.03. The van der Waals surface area contributed by atoms with Crippen LogP contribution in [0.2, 0.25) is 0 Å². The van der Waals surface area contributed by atoms with E-state index >= 15 is 0 Å². The lowest BCUT2D eigenvalue weighted by Crippen LogP contribution is -2.47. The molecule has 0 radical (unpaired) electrons. The predicted octanol–water partition coefficient (Wildman–Crippen LogP) is 3.31. The SMILES string of the molecule is Cc1cc(F)cc(N(C)C2CCN(S(=O)(=O)C3CCCC3)CC2)c1. The van der Waals surface area contributed by atoms with Gasteiger partial charge in [0.15, 0.2) is 0 Å². The molecule has 1 saturated carbocycles. The molecule has 0 bridgehead atoms. The molecule has 1 aromatic carbocycles. The van der Waals surface area contributed by atoms with E-state index in [1.165, 1.54) is 6.07 Å². The van der Waals surface area contributed by atoms with Crippen LogP contribution in [-0.2, 0) is 10.0 Å². The van der Waals surface area contributed by atoms with Gasteiger partial charge < -0.3 is 4.90 Å². The molecule has 134 valence electrons. The van der Waals surface area contributed by atoms with Crippen molar-refractivity contribution in [1.82, 2.24) is 4.31 Å². The van der Waals surface area contributed by atoms with Crippen molar-refractivity contribution < 1.29 is 12.8 Å². The van der Waals surface area contributed by atoms with Crippen LogP contribution in [0.15, 0.2) is 18.2 Å². The van der Waals surface area contributed by atoms with Crippen LogP contribution in [0.3, 0.4) is 0 Å². The highest BCUT2D eigenvalue weighted by Gasteiger charge is 2.36. The largest absolute Gasteiger partial charge is 0.371 e. The molecule has 6 heteroatoms. The maximum Gasteiger partial charge on any atom is 0.216 e. The quantitative estimate of drug-likeness (QED) is 0.833. The molecule has 1 heterocycles. The fraction of sp³-hybridized carbons (Fsp3) is 0.667. The molecule has 0 spiro atoms. The number of halogens is 1. The van der Waals surface area contributed by atoms with Gasteiger partial charge in [0.05, 0.1) is 5.25 Å². The third-order valence-corrected chi connectivity index (χ3v) is 7.89. The van der Waals surface area contributed by atoms with Crippen molar-refractivity contribution in [2.45, 2.75) is 56.7 Å². The average molecular weight is 354 g/mol. The Morgan fingerprint density at radius 1 is 1.08 bits per heavy atom. The lowest BCUT2D eigenvalue weighted by Gasteiger charge is -2.38. The van der Waals surface area contributed by atoms with Gasteiger partial charge in [-0.1, -0.05) is 12.8 Å². The highest BCUT2D eigenvalue weighted by Crippen LogP contribution is 2.30. The maximum absolute atomic E-state index is 13.6. The van der Waals surface area contributed by atoms with Crippen LogP contribution in [0.4, 0.5) is 10.1 Å². The third-order valence-electron chi connectivity index (χ3n) is 5.49. The molecule has 0 N–H and O–H groups in total. The summed E-state index contributed by atoms with van der Waals surface area (Å²) < 4.78 is 40.7. The van der Waals surface area contributed by atoms with Gasteiger partial charge in [0.1, 0.15) is 5.82 Å². The molecule has 1 aromatic rings. The minimum atomic E-state index is -3.13. The second-order valence-electron chi connectivity index (χ2n) is 7.18. The van der Waals surface area contributed by atoms with Crippen LogP contribution in [0.25, 0.3) is 0 Å². The van der Waals surface area contributed by atoms with Crippen molar-refractivity contribution in [3.8, 4) is 0 Å². The smallest absolute Gasteiger partial charge is 0.216 e. The Bertz CT molecular complexity index is 658. The molecular formula is C18H27FN2O2S. The van der Waals surface area contributed by atoms with Crippen molar-refractivity contribution in [2.24, 2.45) is 0 Å². The van der Waals surface area contributed by atoms with E-state index in [1.54, 1.807) is 10.4 Å². The molecule has 0 atom stereocenters. The lowest BCUT2D eigenvalue weighted by molar-refractivity contribution is 0.311. The molecule has 1 aliphatic carbocycles. The van der Waals surface area contributed by atoms with Crippen molar-refractivity contribution in [1.29, 1.82) is 0 Å². The summed E-state index contributed by atoms with van der Waals surface area (Å²) in [5.74, 6) is -0.224. The zero-order valence-electron chi connectivity index (χ0n) is 14.5. The Morgan fingerprint density at radius 2 is 1.71 bits per heavy atom. The number of benzene rings is 1. The lowest BCUT2D eigenvalue weighted by atomic mass is 10.0. The van der Waals surface area contributed by atoms with E-state index in [2.05, 4.69) is 4.90 Å². The van der Waals surface area contributed by atoms with Crippen LogP contribution >= 0.6 is 0 Å². The molecule has 0 amide bonds. The summed E-state index contributed by atoms with van der Waals surface area (Å²) in [5.41, 5.74) is 1.77. The summed E-state index contributed by atoms with van der Waals surface area (Å²) in [6, 6.07) is 5.30. The second kappa shape index (κ2) is 7.00. The van der Waals surface area contributed by atoms with Crippen molar-refractivity contribution in [3.05, 3.63) is 29.6 Å². The van der Waals surface area contributed by atoms with Gasteiger partial charge in [-0.2, -0.15) is 0 Å². The topological polar surface area (TPSA) is 40.6 Å². The Balaban J connectivity index is 1.64. The summed E-state index contributed by atoms with van der Waals surface area (Å²) >= 11 is 0. The first-order chi connectivity index (χ1) is 11.4. The number of rotatable bonds is 4. The molecule has 2 aliphatic rings. The minimum absolute atomic E-state index is 0.169. The zero-order valence-corrected chi connectivity index (χ0v) is 15.4. The minimum Gasteiger partial charge on any atom is -0.371 e. The molecule has 1 saturated heterocycles. The molecule has 24 heavy (non-hydrogen) atoms. The Kier molecular flexibility index (Phi) is 5.16. The standard InChI is InChI=1S/C18H27FN2O2S/c1-14-11-15(19)13-17(12-14)20(2)16-7-9-21(10-8-16)24(22,23)18-5-3-4-6-18/h11-13,16,18H,3-10H2,1-2H3. The van der Waals surface area contributed by atoms with Crippen LogP contribution in [-0.4, -0.2) is 44.2 Å². The van der Waals surface area contributed by atoms with Crippen LogP contribution < -0.4 is 4.90 Å². The van der Waals surface area contributed by atoms with E-state index in [9.17, 15) is 12.8 Å². The summed E-state index contributed by atoms with van der Waals surface area (Å²) in [7, 11) is -1.16. The third kappa shape index (κ3) is 3.59. The first-order valence-corrected chi connectivity index (χ1v) is 10.4. The van der Waals surface area contributed by atoms with Gasteiger partial charge in [0.2, 0.25) is 10.0 Å². The van der Waals surface area contributed by atoms with Gasteiger partial charge in [0, 0.05) is 31.9 Å². The fourth-order valence-electron chi connectivity index (χ4n) is 4.01. The van der Waals surface area contributed by atoms with Crippen LogP contribution in [0, 0.1) is 12.7 Å². The average Bonchev–Trinajstić information content (AvgIpc) is 3.08. The van der Waals surface area contributed by atoms with E-state index in [4.69, 9.17) is 0 Å². The maximum atomic E-state index is 13.6. The number of piperidine rings is 1. The van der Waals surface area contributed by atoms with Gasteiger partial charge in [-0.25, -0.2) is 17.1 Å². The monoisotopic (exact) mass is 354 g/mol. The van der Waals surface area contributed by atoms with Gasteiger partial charge in [-0.05, 0) is 56.4 Å². The summed E-state index contributed by atoms with van der Waals surface area (Å²) in [6.07, 6.45) is 5.26. The highest BCUT2D eigenvalue weighted by atomic mass is 32.2. The predicted molar refractivity (Wildman–Crippen MR) is 95.3 cm³/mol. The molecule has 0 unspecified atom stereocenters. The number of anilines is 1. The van der Waals surface area contributed by atoms with Gasteiger partial charge in [-0.15, -0.1) is 0 Å². The number of nitrogens with zero attached hydrogens (tertiary/aromatic N) is 2. The summed E-state index contributed by atoms with van der Waals surface area (Å²) in [5, 5.41) is -0.169. The zero-order chi connectivity index (χ0) is 17.3. The van der Waals surface area contributed by atoms with Crippen molar-refractivity contribution >= 4 is 15.7 Å². The molecule has 0 aromatic heterocycles. The van der Waals surface area contributed by atoms with Gasteiger partial charge in [0.25, 0.3) is 0 Å². The van der Waals surface area contributed by atoms with E-state index in [1.807, 2.05) is 20.0 Å². The summed E-state index contributed by atoms with van der Waals surface area (Å²) in [4.78, 5) is 2.09. The van der Waals surface area contributed by atoms with Gasteiger partial charge in [-0.3, -0.25) is 0 Å². The normalized spacial score (nSPS) is 21.3. The number of hydrogen-bond acceptors (Lipinski definition) is 3. The molecular weight excluding hydrogens is 327 g/mol. The van der Waals surface area contributed by atoms with Gasteiger partial charge >= 0.3 is 0 Å². The Labute approximate surface area is 144 Å². The number of sulfonamides is 1. The van der Waals surface area contributed by atoms with Crippen molar-refractivity contribution in [3.63, 3.8) is 0 Å². The number of aryl methyl sites for hydroxylation is 1. The van der Waals surface area contributed by atoms with Crippen molar-refractivity contribution in [2.75, 3.05) is 25.0 Å². The fourth-order valence-corrected chi connectivity index (χ4v) is 6.08. The molecule has 2 fully saturated rings.